The first-order chi connectivity index (χ1) is 9.97. The standard InChI is InChI=1S/C13H15N3O5/c17-11-2-1-7-5-15(6-10(7)11)13(19)9-3-8(16(20)21)4-14-12(9)18/h3-4,7,10-11,17H,1-2,5-6H2,(H,14,18). The lowest BCUT2D eigenvalue weighted by Gasteiger charge is -2.17. The first-order valence-electron chi connectivity index (χ1n) is 6.82. The molecule has 1 saturated heterocycles. The molecule has 1 aromatic heterocycles. The molecule has 0 radical (unpaired) electrons. The normalized spacial score (nSPS) is 27.7. The number of pyridine rings is 1. The highest BCUT2D eigenvalue weighted by Crippen LogP contribution is 2.38. The zero-order valence-electron chi connectivity index (χ0n) is 11.2. The van der Waals surface area contributed by atoms with Gasteiger partial charge < -0.3 is 15.0 Å². The fourth-order valence-corrected chi connectivity index (χ4v) is 3.31. The Kier molecular flexibility index (Phi) is 3.25. The number of amides is 1. The Morgan fingerprint density at radius 1 is 1.43 bits per heavy atom. The number of aliphatic hydroxyl groups is 1. The van der Waals surface area contributed by atoms with Crippen LogP contribution >= 0.6 is 0 Å². The lowest BCUT2D eigenvalue weighted by Crippen LogP contribution is -2.34. The Bertz CT molecular complexity index is 655. The van der Waals surface area contributed by atoms with Gasteiger partial charge in [0.2, 0.25) is 0 Å². The number of carbonyl (C=O) groups excluding carboxylic acids is 1. The van der Waals surface area contributed by atoms with Crippen LogP contribution in [-0.4, -0.2) is 45.0 Å². The molecule has 1 aliphatic heterocycles. The maximum atomic E-state index is 12.4. The molecule has 0 bridgehead atoms. The van der Waals surface area contributed by atoms with Crippen LogP contribution in [-0.2, 0) is 0 Å². The molecule has 2 fully saturated rings. The minimum absolute atomic E-state index is 0.0479. The number of nitrogens with one attached hydrogen (secondary N) is 1. The molecule has 2 heterocycles. The van der Waals surface area contributed by atoms with Gasteiger partial charge in [0.1, 0.15) is 5.56 Å². The van der Waals surface area contributed by atoms with Crippen LogP contribution in [0.15, 0.2) is 17.1 Å². The first kappa shape index (κ1) is 13.7. The number of nitrogens with zero attached hydrogens (tertiary/aromatic N) is 2. The van der Waals surface area contributed by atoms with Gasteiger partial charge in [0.05, 0.1) is 17.2 Å². The second kappa shape index (κ2) is 4.96. The van der Waals surface area contributed by atoms with Crippen LogP contribution in [0.3, 0.4) is 0 Å². The van der Waals surface area contributed by atoms with E-state index in [0.29, 0.717) is 13.1 Å². The Labute approximate surface area is 119 Å². The molecule has 0 aromatic carbocycles. The van der Waals surface area contributed by atoms with Gasteiger partial charge in [-0.05, 0) is 18.8 Å². The van der Waals surface area contributed by atoms with Crippen LogP contribution in [0.4, 0.5) is 5.69 Å². The number of aliphatic hydroxyl groups excluding tert-OH is 1. The summed E-state index contributed by atoms with van der Waals surface area (Å²) in [6.45, 7) is 0.884. The number of aromatic nitrogens is 1. The van der Waals surface area contributed by atoms with Crippen molar-refractivity contribution in [2.24, 2.45) is 11.8 Å². The number of nitro groups is 1. The van der Waals surface area contributed by atoms with Crippen molar-refractivity contribution in [3.8, 4) is 0 Å². The van der Waals surface area contributed by atoms with Crippen LogP contribution in [0.5, 0.6) is 0 Å². The number of likely N-dealkylation sites (tertiary alicyclic amines) is 1. The van der Waals surface area contributed by atoms with Crippen LogP contribution in [0.2, 0.25) is 0 Å². The molecular formula is C13H15N3O5. The zero-order chi connectivity index (χ0) is 15.1. The number of carbonyl (C=O) groups is 1. The van der Waals surface area contributed by atoms with Gasteiger partial charge in [-0.3, -0.25) is 19.7 Å². The second-order valence-corrected chi connectivity index (χ2v) is 5.64. The number of aromatic amines is 1. The lowest BCUT2D eigenvalue weighted by molar-refractivity contribution is -0.385. The van der Waals surface area contributed by atoms with Crippen molar-refractivity contribution in [2.45, 2.75) is 18.9 Å². The molecule has 1 saturated carbocycles. The van der Waals surface area contributed by atoms with Crippen LogP contribution in [0, 0.1) is 22.0 Å². The molecule has 1 aliphatic carbocycles. The molecule has 8 heteroatoms. The van der Waals surface area contributed by atoms with Crippen molar-refractivity contribution in [3.63, 3.8) is 0 Å². The van der Waals surface area contributed by atoms with E-state index in [4.69, 9.17) is 0 Å². The Morgan fingerprint density at radius 3 is 2.86 bits per heavy atom. The maximum Gasteiger partial charge on any atom is 0.286 e. The number of hydrogen-bond donors (Lipinski definition) is 2. The monoisotopic (exact) mass is 293 g/mol. The Hall–Kier alpha value is -2.22. The van der Waals surface area contributed by atoms with Gasteiger partial charge in [-0.2, -0.15) is 0 Å². The van der Waals surface area contributed by atoms with Crippen molar-refractivity contribution in [1.29, 1.82) is 0 Å². The number of hydrogen-bond acceptors (Lipinski definition) is 5. The van der Waals surface area contributed by atoms with Gasteiger partial charge in [0.25, 0.3) is 17.2 Å². The lowest BCUT2D eigenvalue weighted by atomic mass is 10.00. The van der Waals surface area contributed by atoms with E-state index < -0.39 is 22.5 Å². The van der Waals surface area contributed by atoms with Crippen LogP contribution < -0.4 is 5.56 Å². The largest absolute Gasteiger partial charge is 0.393 e. The van der Waals surface area contributed by atoms with E-state index in [-0.39, 0.29) is 23.1 Å². The summed E-state index contributed by atoms with van der Waals surface area (Å²) in [4.78, 5) is 37.9. The summed E-state index contributed by atoms with van der Waals surface area (Å²) in [6, 6.07) is 1.01. The summed E-state index contributed by atoms with van der Waals surface area (Å²) in [5.41, 5.74) is -1.18. The molecule has 2 aliphatic rings. The third-order valence-corrected chi connectivity index (χ3v) is 4.44. The highest BCUT2D eigenvalue weighted by atomic mass is 16.6. The van der Waals surface area contributed by atoms with Crippen molar-refractivity contribution < 1.29 is 14.8 Å². The third kappa shape index (κ3) is 2.31. The highest BCUT2D eigenvalue weighted by Gasteiger charge is 2.43. The predicted octanol–water partition coefficient (Wildman–Crippen LogP) is 0.126. The molecule has 2 N–H and O–H groups in total. The minimum atomic E-state index is -0.658. The molecule has 1 aromatic rings. The number of H-pyrrole nitrogens is 1. The van der Waals surface area contributed by atoms with Gasteiger partial charge in [-0.15, -0.1) is 0 Å². The molecular weight excluding hydrogens is 278 g/mol. The van der Waals surface area contributed by atoms with Crippen molar-refractivity contribution in [2.75, 3.05) is 13.1 Å². The average Bonchev–Trinajstić information content (AvgIpc) is 3.01. The topological polar surface area (TPSA) is 117 Å². The third-order valence-electron chi connectivity index (χ3n) is 4.44. The summed E-state index contributed by atoms with van der Waals surface area (Å²) in [5, 5.41) is 20.6. The maximum absolute atomic E-state index is 12.4. The molecule has 3 unspecified atom stereocenters. The molecule has 3 atom stereocenters. The van der Waals surface area contributed by atoms with Crippen molar-refractivity contribution in [1.82, 2.24) is 9.88 Å². The van der Waals surface area contributed by atoms with Gasteiger partial charge in [0, 0.05) is 25.1 Å². The van der Waals surface area contributed by atoms with E-state index in [9.17, 15) is 24.8 Å². The summed E-state index contributed by atoms with van der Waals surface area (Å²) in [6.07, 6.45) is 2.17. The molecule has 112 valence electrons. The van der Waals surface area contributed by atoms with Crippen LogP contribution in [0.1, 0.15) is 23.2 Å². The van der Waals surface area contributed by atoms with E-state index in [1.165, 1.54) is 4.90 Å². The number of fused-ring (bicyclic) bond motifs is 1. The molecule has 8 nitrogen and oxygen atoms in total. The van der Waals surface area contributed by atoms with E-state index in [2.05, 4.69) is 4.98 Å². The van der Waals surface area contributed by atoms with E-state index >= 15 is 0 Å². The van der Waals surface area contributed by atoms with E-state index in [0.717, 1.165) is 25.1 Å². The highest BCUT2D eigenvalue weighted by molar-refractivity contribution is 5.94. The Morgan fingerprint density at radius 2 is 2.19 bits per heavy atom. The average molecular weight is 293 g/mol. The summed E-state index contributed by atoms with van der Waals surface area (Å²) >= 11 is 0. The van der Waals surface area contributed by atoms with Gasteiger partial charge in [-0.25, -0.2) is 0 Å². The molecule has 1 amide bonds. The zero-order valence-corrected chi connectivity index (χ0v) is 11.2. The van der Waals surface area contributed by atoms with Crippen LogP contribution in [0.25, 0.3) is 0 Å². The van der Waals surface area contributed by atoms with Gasteiger partial charge >= 0.3 is 0 Å². The summed E-state index contributed by atoms with van der Waals surface area (Å²) in [5.74, 6) is -0.213. The van der Waals surface area contributed by atoms with Crippen molar-refractivity contribution >= 4 is 11.6 Å². The smallest absolute Gasteiger partial charge is 0.286 e. The predicted molar refractivity (Wildman–Crippen MR) is 71.8 cm³/mol. The SMILES string of the molecule is O=C(c1cc([N+](=O)[O-])c[nH]c1=O)N1CC2CCC(O)C2C1. The minimum Gasteiger partial charge on any atom is -0.393 e. The summed E-state index contributed by atoms with van der Waals surface area (Å²) in [7, 11) is 0. The quantitative estimate of drug-likeness (QED) is 0.593. The van der Waals surface area contributed by atoms with Gasteiger partial charge in [-0.1, -0.05) is 0 Å². The molecule has 0 spiro atoms. The molecule has 21 heavy (non-hydrogen) atoms. The second-order valence-electron chi connectivity index (χ2n) is 5.64. The first-order valence-corrected chi connectivity index (χ1v) is 6.82. The summed E-state index contributed by atoms with van der Waals surface area (Å²) < 4.78 is 0. The van der Waals surface area contributed by atoms with E-state index in [1.54, 1.807) is 0 Å². The number of rotatable bonds is 2. The van der Waals surface area contributed by atoms with Gasteiger partial charge in [0.15, 0.2) is 0 Å². The fraction of sp³-hybridized carbons (Fsp3) is 0.538. The van der Waals surface area contributed by atoms with Crippen molar-refractivity contribution in [3.05, 3.63) is 38.3 Å². The molecule has 3 rings (SSSR count). The Balaban J connectivity index is 1.85. The fourth-order valence-electron chi connectivity index (χ4n) is 3.31. The van der Waals surface area contributed by atoms with E-state index in [1.807, 2.05) is 0 Å².